The molecule has 0 bridgehead atoms. The van der Waals surface area contributed by atoms with Gasteiger partial charge >= 0.3 is 0 Å². The van der Waals surface area contributed by atoms with E-state index < -0.39 is 11.9 Å². The molecule has 1 atom stereocenters. The van der Waals surface area contributed by atoms with Gasteiger partial charge in [0.1, 0.15) is 11.5 Å². The Morgan fingerprint density at radius 1 is 1.43 bits per heavy atom. The Balaban J connectivity index is 2.90. The monoisotopic (exact) mass is 196 g/mol. The van der Waals surface area contributed by atoms with E-state index in [2.05, 4.69) is 0 Å². The summed E-state index contributed by atoms with van der Waals surface area (Å²) in [6, 6.07) is 3.36. The Kier molecular flexibility index (Phi) is 2.93. The molecular weight excluding hydrogens is 184 g/mol. The zero-order chi connectivity index (χ0) is 10.7. The molecule has 14 heavy (non-hydrogen) atoms. The lowest BCUT2D eigenvalue weighted by Crippen LogP contribution is -2.20. The lowest BCUT2D eigenvalue weighted by molar-refractivity contribution is -0.118. The van der Waals surface area contributed by atoms with Crippen LogP contribution >= 0.6 is 0 Å². The lowest BCUT2D eigenvalue weighted by Gasteiger charge is -2.11. The van der Waals surface area contributed by atoms with Crippen molar-refractivity contribution in [3.63, 3.8) is 0 Å². The van der Waals surface area contributed by atoms with Crippen molar-refractivity contribution in [2.45, 2.75) is 12.5 Å². The first-order chi connectivity index (χ1) is 6.50. The summed E-state index contributed by atoms with van der Waals surface area (Å²) in [5.41, 5.74) is 11.0. The summed E-state index contributed by atoms with van der Waals surface area (Å²) in [6.07, 6.45) is -0.0433. The highest BCUT2D eigenvalue weighted by atomic mass is 16.3. The average Bonchev–Trinajstić information content (AvgIpc) is 2.01. The molecule has 5 nitrogen and oxygen atoms in total. The number of rotatable bonds is 3. The molecule has 6 N–H and O–H groups in total. The standard InChI is InChI=1S/C9H12N2O3/c10-7(4-9(11)14)6-2-1-5(12)3-8(6)13/h1-3,7,12-13H,4,10H2,(H2,11,14). The van der Waals surface area contributed by atoms with Gasteiger partial charge in [-0.25, -0.2) is 0 Å². The van der Waals surface area contributed by atoms with E-state index in [-0.39, 0.29) is 17.9 Å². The van der Waals surface area contributed by atoms with E-state index in [1.807, 2.05) is 0 Å². The highest BCUT2D eigenvalue weighted by Gasteiger charge is 2.13. The number of aromatic hydroxyl groups is 2. The minimum absolute atomic E-state index is 0.0433. The van der Waals surface area contributed by atoms with Gasteiger partial charge in [-0.2, -0.15) is 0 Å². The number of benzene rings is 1. The fourth-order valence-electron chi connectivity index (χ4n) is 1.17. The molecule has 1 unspecified atom stereocenters. The van der Waals surface area contributed by atoms with E-state index >= 15 is 0 Å². The summed E-state index contributed by atoms with van der Waals surface area (Å²) in [6.45, 7) is 0. The van der Waals surface area contributed by atoms with Crippen LogP contribution in [0.2, 0.25) is 0 Å². The van der Waals surface area contributed by atoms with E-state index in [1.54, 1.807) is 0 Å². The Labute approximate surface area is 81.0 Å². The fourth-order valence-corrected chi connectivity index (χ4v) is 1.17. The maximum atomic E-state index is 10.6. The second kappa shape index (κ2) is 3.97. The summed E-state index contributed by atoms with van der Waals surface area (Å²) in [7, 11) is 0. The minimum Gasteiger partial charge on any atom is -0.508 e. The first kappa shape index (κ1) is 10.3. The van der Waals surface area contributed by atoms with Crippen LogP contribution in [-0.4, -0.2) is 16.1 Å². The highest BCUT2D eigenvalue weighted by molar-refractivity contribution is 5.74. The molecule has 0 aliphatic heterocycles. The largest absolute Gasteiger partial charge is 0.508 e. The average molecular weight is 196 g/mol. The van der Waals surface area contributed by atoms with Crippen LogP contribution in [0.1, 0.15) is 18.0 Å². The van der Waals surface area contributed by atoms with Gasteiger partial charge in [-0.15, -0.1) is 0 Å². The predicted molar refractivity (Wildman–Crippen MR) is 50.5 cm³/mol. The van der Waals surface area contributed by atoms with Gasteiger partial charge in [0.2, 0.25) is 5.91 Å². The number of amides is 1. The lowest BCUT2D eigenvalue weighted by atomic mass is 10.0. The van der Waals surface area contributed by atoms with Crippen molar-refractivity contribution >= 4 is 5.91 Å². The smallest absolute Gasteiger partial charge is 0.219 e. The maximum absolute atomic E-state index is 10.6. The Bertz CT molecular complexity index is 352. The van der Waals surface area contributed by atoms with Crippen molar-refractivity contribution in [1.82, 2.24) is 0 Å². The number of nitrogens with two attached hydrogens (primary N) is 2. The highest BCUT2D eigenvalue weighted by Crippen LogP contribution is 2.27. The van der Waals surface area contributed by atoms with Crippen molar-refractivity contribution in [1.29, 1.82) is 0 Å². The van der Waals surface area contributed by atoms with Crippen molar-refractivity contribution in [3.8, 4) is 11.5 Å². The number of phenols is 2. The summed E-state index contributed by atoms with van der Waals surface area (Å²) in [5, 5.41) is 18.4. The number of primary amides is 1. The molecule has 0 heterocycles. The number of carbonyl (C=O) groups is 1. The molecule has 0 spiro atoms. The van der Waals surface area contributed by atoms with Crippen molar-refractivity contribution in [2.24, 2.45) is 11.5 Å². The first-order valence-corrected chi connectivity index (χ1v) is 4.06. The Morgan fingerprint density at radius 2 is 2.07 bits per heavy atom. The molecule has 76 valence electrons. The van der Waals surface area contributed by atoms with Crippen molar-refractivity contribution in [2.75, 3.05) is 0 Å². The summed E-state index contributed by atoms with van der Waals surface area (Å²) in [5.74, 6) is -0.735. The van der Waals surface area contributed by atoms with Gasteiger partial charge in [-0.1, -0.05) is 6.07 Å². The molecule has 1 aromatic rings. The zero-order valence-corrected chi connectivity index (χ0v) is 7.47. The zero-order valence-electron chi connectivity index (χ0n) is 7.47. The normalized spacial score (nSPS) is 12.4. The molecule has 0 saturated heterocycles. The van der Waals surface area contributed by atoms with E-state index in [9.17, 15) is 9.90 Å². The maximum Gasteiger partial charge on any atom is 0.219 e. The van der Waals surface area contributed by atoms with Crippen LogP contribution in [0.3, 0.4) is 0 Å². The first-order valence-electron chi connectivity index (χ1n) is 4.06. The third kappa shape index (κ3) is 2.37. The molecule has 0 aromatic heterocycles. The molecule has 1 aromatic carbocycles. The van der Waals surface area contributed by atoms with Crippen LogP contribution in [-0.2, 0) is 4.79 Å². The van der Waals surface area contributed by atoms with Gasteiger partial charge in [-0.3, -0.25) is 4.79 Å². The predicted octanol–water partition coefficient (Wildman–Crippen LogP) is -0.0270. The van der Waals surface area contributed by atoms with Crippen molar-refractivity contribution < 1.29 is 15.0 Å². The number of carbonyl (C=O) groups excluding carboxylic acids is 1. The third-order valence-electron chi connectivity index (χ3n) is 1.83. The van der Waals surface area contributed by atoms with Crippen molar-refractivity contribution in [3.05, 3.63) is 23.8 Å². The molecule has 0 aliphatic carbocycles. The number of hydrogen-bond donors (Lipinski definition) is 4. The second-order valence-corrected chi connectivity index (χ2v) is 3.02. The van der Waals surface area contributed by atoms with Crippen LogP contribution in [0.15, 0.2) is 18.2 Å². The van der Waals surface area contributed by atoms with E-state index in [1.165, 1.54) is 12.1 Å². The van der Waals surface area contributed by atoms with Gasteiger partial charge < -0.3 is 21.7 Å². The quantitative estimate of drug-likeness (QED) is 0.544. The summed E-state index contributed by atoms with van der Waals surface area (Å²) in [4.78, 5) is 10.6. The van der Waals surface area contributed by atoms with Crippen LogP contribution < -0.4 is 11.5 Å². The van der Waals surface area contributed by atoms with Gasteiger partial charge in [-0.05, 0) is 6.07 Å². The van der Waals surface area contributed by atoms with Gasteiger partial charge in [0, 0.05) is 24.1 Å². The summed E-state index contributed by atoms with van der Waals surface area (Å²) < 4.78 is 0. The molecule has 1 amide bonds. The van der Waals surface area contributed by atoms with Crippen LogP contribution in [0.25, 0.3) is 0 Å². The van der Waals surface area contributed by atoms with Crippen LogP contribution in [0.4, 0.5) is 0 Å². The second-order valence-electron chi connectivity index (χ2n) is 3.02. The molecule has 0 aliphatic rings. The molecular formula is C9H12N2O3. The van der Waals surface area contributed by atoms with E-state index in [0.717, 1.165) is 6.07 Å². The summed E-state index contributed by atoms with van der Waals surface area (Å²) >= 11 is 0. The number of hydrogen-bond acceptors (Lipinski definition) is 4. The minimum atomic E-state index is -0.645. The van der Waals surface area contributed by atoms with Gasteiger partial charge in [0.05, 0.1) is 0 Å². The topological polar surface area (TPSA) is 110 Å². The molecule has 0 saturated carbocycles. The molecule has 0 fully saturated rings. The Hall–Kier alpha value is -1.75. The van der Waals surface area contributed by atoms with Crippen LogP contribution in [0.5, 0.6) is 11.5 Å². The van der Waals surface area contributed by atoms with Crippen LogP contribution in [0, 0.1) is 0 Å². The fraction of sp³-hybridized carbons (Fsp3) is 0.222. The molecule has 0 radical (unpaired) electrons. The van der Waals surface area contributed by atoms with E-state index in [4.69, 9.17) is 16.6 Å². The molecule has 5 heteroatoms. The van der Waals surface area contributed by atoms with E-state index in [0.29, 0.717) is 5.56 Å². The third-order valence-corrected chi connectivity index (χ3v) is 1.83. The SMILES string of the molecule is NC(=O)CC(N)c1ccc(O)cc1O. The Morgan fingerprint density at radius 3 is 2.57 bits per heavy atom. The molecule has 1 rings (SSSR count). The number of phenolic OH excluding ortho intramolecular Hbond substituents is 2. The van der Waals surface area contributed by atoms with Gasteiger partial charge in [0.25, 0.3) is 0 Å². The van der Waals surface area contributed by atoms with Gasteiger partial charge in [0.15, 0.2) is 0 Å².